The SMILES string of the molecule is O=C1CCC(N2C(=O)c3ccc(N4CCC[C@H](NCC5CNC5)C4)cc3C2=O)C(=O)N1. The molecule has 4 aliphatic heterocycles. The summed E-state index contributed by atoms with van der Waals surface area (Å²) < 4.78 is 0. The quantitative estimate of drug-likeness (QED) is 0.564. The van der Waals surface area contributed by atoms with Gasteiger partial charge in [0.05, 0.1) is 11.1 Å². The molecule has 0 saturated carbocycles. The second kappa shape index (κ2) is 8.05. The van der Waals surface area contributed by atoms with E-state index in [4.69, 9.17) is 0 Å². The second-order valence-corrected chi connectivity index (χ2v) is 8.89. The highest BCUT2D eigenvalue weighted by molar-refractivity contribution is 6.23. The van der Waals surface area contributed by atoms with Crippen LogP contribution in [-0.2, 0) is 9.59 Å². The summed E-state index contributed by atoms with van der Waals surface area (Å²) in [6.07, 6.45) is 2.47. The number of carbonyl (C=O) groups excluding carboxylic acids is 4. The molecule has 2 atom stereocenters. The molecule has 4 heterocycles. The van der Waals surface area contributed by atoms with E-state index in [0.717, 1.165) is 56.2 Å². The van der Waals surface area contributed by atoms with E-state index in [0.29, 0.717) is 23.1 Å². The first-order valence-corrected chi connectivity index (χ1v) is 11.1. The van der Waals surface area contributed by atoms with E-state index < -0.39 is 23.8 Å². The first-order chi connectivity index (χ1) is 15.0. The van der Waals surface area contributed by atoms with Crippen LogP contribution >= 0.6 is 0 Å². The minimum absolute atomic E-state index is 0.119. The van der Waals surface area contributed by atoms with Crippen molar-refractivity contribution in [3.63, 3.8) is 0 Å². The molecule has 4 aliphatic rings. The van der Waals surface area contributed by atoms with Crippen molar-refractivity contribution in [2.24, 2.45) is 5.92 Å². The van der Waals surface area contributed by atoms with Crippen LogP contribution in [0.1, 0.15) is 46.4 Å². The van der Waals surface area contributed by atoms with Gasteiger partial charge in [0.15, 0.2) is 0 Å². The Bertz CT molecular complexity index is 944. The molecule has 1 unspecified atom stereocenters. The molecule has 0 spiro atoms. The van der Waals surface area contributed by atoms with Crippen molar-refractivity contribution in [2.45, 2.75) is 37.8 Å². The lowest BCUT2D eigenvalue weighted by atomic mass is 10.00. The predicted molar refractivity (Wildman–Crippen MR) is 113 cm³/mol. The molecule has 0 radical (unpaired) electrons. The van der Waals surface area contributed by atoms with E-state index in [1.165, 1.54) is 0 Å². The number of nitrogens with zero attached hydrogens (tertiary/aromatic N) is 2. The van der Waals surface area contributed by atoms with Gasteiger partial charge in [-0.1, -0.05) is 0 Å². The molecule has 0 bridgehead atoms. The van der Waals surface area contributed by atoms with Crippen LogP contribution < -0.4 is 20.9 Å². The van der Waals surface area contributed by atoms with Gasteiger partial charge in [0.25, 0.3) is 11.8 Å². The van der Waals surface area contributed by atoms with E-state index in [9.17, 15) is 19.2 Å². The number of hydrogen-bond donors (Lipinski definition) is 3. The largest absolute Gasteiger partial charge is 0.370 e. The molecule has 3 saturated heterocycles. The van der Waals surface area contributed by atoms with Crippen molar-refractivity contribution in [3.8, 4) is 0 Å². The molecule has 164 valence electrons. The van der Waals surface area contributed by atoms with Gasteiger partial charge >= 0.3 is 0 Å². The van der Waals surface area contributed by atoms with Crippen LogP contribution in [0.3, 0.4) is 0 Å². The van der Waals surface area contributed by atoms with E-state index in [2.05, 4.69) is 20.9 Å². The molecule has 1 aromatic rings. The first kappa shape index (κ1) is 20.1. The third-order valence-electron chi connectivity index (χ3n) is 6.77. The molecule has 5 rings (SSSR count). The smallest absolute Gasteiger partial charge is 0.262 e. The van der Waals surface area contributed by atoms with Crippen LogP contribution in [0.25, 0.3) is 0 Å². The number of amides is 4. The lowest BCUT2D eigenvalue weighted by molar-refractivity contribution is -0.136. The number of fused-ring (bicyclic) bond motifs is 1. The summed E-state index contributed by atoms with van der Waals surface area (Å²) >= 11 is 0. The zero-order valence-electron chi connectivity index (χ0n) is 17.4. The number of nitrogens with one attached hydrogen (secondary N) is 3. The topological polar surface area (TPSA) is 111 Å². The molecule has 0 aliphatic carbocycles. The van der Waals surface area contributed by atoms with Crippen LogP contribution in [0.4, 0.5) is 5.69 Å². The van der Waals surface area contributed by atoms with Gasteiger partial charge in [0, 0.05) is 50.9 Å². The van der Waals surface area contributed by atoms with E-state index >= 15 is 0 Å². The zero-order chi connectivity index (χ0) is 21.5. The van der Waals surface area contributed by atoms with Crippen molar-refractivity contribution >= 4 is 29.3 Å². The maximum atomic E-state index is 13.1. The Kier molecular flexibility index (Phi) is 5.23. The highest BCUT2D eigenvalue weighted by Crippen LogP contribution is 2.31. The Morgan fingerprint density at radius 2 is 1.84 bits per heavy atom. The van der Waals surface area contributed by atoms with Crippen LogP contribution in [0.2, 0.25) is 0 Å². The van der Waals surface area contributed by atoms with Gasteiger partial charge in [-0.15, -0.1) is 0 Å². The summed E-state index contributed by atoms with van der Waals surface area (Å²) in [5.41, 5.74) is 1.58. The summed E-state index contributed by atoms with van der Waals surface area (Å²) in [4.78, 5) is 52.8. The fraction of sp³-hybridized carbons (Fsp3) is 0.545. The standard InChI is InChI=1S/C22H27N5O4/c28-19-6-5-18(20(29)25-19)27-21(30)16-4-3-15(8-17(16)22(27)31)26-7-1-2-14(12-26)24-11-13-9-23-10-13/h3-4,8,13-14,18,23-24H,1-2,5-7,9-12H2,(H,25,28,29)/t14-,18?/m0/s1. The van der Waals surface area contributed by atoms with Gasteiger partial charge in [-0.25, -0.2) is 0 Å². The summed E-state index contributed by atoms with van der Waals surface area (Å²) in [5, 5.41) is 9.19. The van der Waals surface area contributed by atoms with Crippen molar-refractivity contribution < 1.29 is 19.2 Å². The number of rotatable bonds is 5. The van der Waals surface area contributed by atoms with Gasteiger partial charge in [-0.05, 0) is 43.4 Å². The highest BCUT2D eigenvalue weighted by atomic mass is 16.2. The second-order valence-electron chi connectivity index (χ2n) is 8.89. The Labute approximate surface area is 180 Å². The van der Waals surface area contributed by atoms with Gasteiger partial charge in [0.2, 0.25) is 11.8 Å². The van der Waals surface area contributed by atoms with Gasteiger partial charge in [-0.3, -0.25) is 29.4 Å². The molecule has 31 heavy (non-hydrogen) atoms. The monoisotopic (exact) mass is 425 g/mol. The minimum Gasteiger partial charge on any atom is -0.370 e. The maximum Gasteiger partial charge on any atom is 0.262 e. The molecular formula is C22H27N5O4. The van der Waals surface area contributed by atoms with Crippen molar-refractivity contribution in [1.29, 1.82) is 0 Å². The van der Waals surface area contributed by atoms with E-state index in [1.807, 2.05) is 6.07 Å². The van der Waals surface area contributed by atoms with Crippen molar-refractivity contribution in [3.05, 3.63) is 29.3 Å². The zero-order valence-corrected chi connectivity index (χ0v) is 17.4. The first-order valence-electron chi connectivity index (χ1n) is 11.1. The van der Waals surface area contributed by atoms with Crippen molar-refractivity contribution in [2.75, 3.05) is 37.6 Å². The number of carbonyl (C=O) groups is 4. The fourth-order valence-corrected chi connectivity index (χ4v) is 4.86. The summed E-state index contributed by atoms with van der Waals surface area (Å²) in [5.74, 6) is -1.18. The number of piperidine rings is 2. The number of hydrogen-bond acceptors (Lipinski definition) is 7. The number of anilines is 1. The molecule has 1 aromatic carbocycles. The fourth-order valence-electron chi connectivity index (χ4n) is 4.86. The normalized spacial score (nSPS) is 26.7. The van der Waals surface area contributed by atoms with Gasteiger partial charge in [-0.2, -0.15) is 0 Å². The van der Waals surface area contributed by atoms with Crippen molar-refractivity contribution in [1.82, 2.24) is 20.9 Å². The molecule has 3 fully saturated rings. The van der Waals surface area contributed by atoms with Gasteiger partial charge in [0.1, 0.15) is 6.04 Å². The lowest BCUT2D eigenvalue weighted by Crippen LogP contribution is -2.54. The minimum atomic E-state index is -0.932. The third-order valence-corrected chi connectivity index (χ3v) is 6.77. The summed E-state index contributed by atoms with van der Waals surface area (Å²) in [6, 6.07) is 4.82. The van der Waals surface area contributed by atoms with Crippen LogP contribution in [-0.4, -0.2) is 73.3 Å². The summed E-state index contributed by atoms with van der Waals surface area (Å²) in [7, 11) is 0. The Balaban J connectivity index is 1.30. The Morgan fingerprint density at radius 1 is 1.03 bits per heavy atom. The lowest BCUT2D eigenvalue weighted by Gasteiger charge is -2.37. The van der Waals surface area contributed by atoms with Crippen LogP contribution in [0, 0.1) is 5.92 Å². The molecule has 0 aromatic heterocycles. The molecule has 3 N–H and O–H groups in total. The molecule has 9 heteroatoms. The van der Waals surface area contributed by atoms with E-state index in [1.54, 1.807) is 12.1 Å². The maximum absolute atomic E-state index is 13.1. The average Bonchev–Trinajstić information content (AvgIpc) is 2.97. The Hall–Kier alpha value is -2.78. The van der Waals surface area contributed by atoms with Crippen LogP contribution in [0.15, 0.2) is 18.2 Å². The average molecular weight is 425 g/mol. The number of imide groups is 2. The molecule has 9 nitrogen and oxygen atoms in total. The van der Waals surface area contributed by atoms with E-state index in [-0.39, 0.29) is 18.7 Å². The third kappa shape index (κ3) is 3.72. The molecular weight excluding hydrogens is 398 g/mol. The predicted octanol–water partition coefficient (Wildman–Crippen LogP) is -0.134. The highest BCUT2D eigenvalue weighted by Gasteiger charge is 2.44. The number of benzene rings is 1. The van der Waals surface area contributed by atoms with Gasteiger partial charge < -0.3 is 15.5 Å². The Morgan fingerprint density at radius 3 is 2.58 bits per heavy atom. The van der Waals surface area contributed by atoms with Crippen LogP contribution in [0.5, 0.6) is 0 Å². The molecule has 4 amide bonds. The summed E-state index contributed by atoms with van der Waals surface area (Å²) in [6.45, 7) is 4.94.